The first-order valence-electron chi connectivity index (χ1n) is 6.19. The maximum atomic E-state index is 9.82. The Labute approximate surface area is 130 Å². The number of hydrogen-bond donors (Lipinski definition) is 1. The molecule has 2 unspecified atom stereocenters. The van der Waals surface area contributed by atoms with E-state index in [9.17, 15) is 5.11 Å². The number of halogens is 1. The Morgan fingerprint density at radius 3 is 3.00 bits per heavy atom. The summed E-state index contributed by atoms with van der Waals surface area (Å²) < 4.78 is 5.26. The van der Waals surface area contributed by atoms with Crippen LogP contribution in [0.15, 0.2) is 33.7 Å². The van der Waals surface area contributed by atoms with Crippen molar-refractivity contribution in [3.8, 4) is 0 Å². The molecule has 1 aliphatic rings. The van der Waals surface area contributed by atoms with Gasteiger partial charge in [0.05, 0.1) is 22.8 Å². The van der Waals surface area contributed by atoms with Gasteiger partial charge in [0, 0.05) is 16.4 Å². The van der Waals surface area contributed by atoms with Crippen LogP contribution in [-0.4, -0.2) is 32.9 Å². The van der Waals surface area contributed by atoms with Crippen molar-refractivity contribution in [2.45, 2.75) is 22.7 Å². The van der Waals surface area contributed by atoms with E-state index < -0.39 is 0 Å². The van der Waals surface area contributed by atoms with Gasteiger partial charge in [0.1, 0.15) is 0 Å². The van der Waals surface area contributed by atoms with Gasteiger partial charge in [0.2, 0.25) is 5.89 Å². The molecule has 1 fully saturated rings. The largest absolute Gasteiger partial charge is 0.391 e. The minimum atomic E-state index is -0.385. The third-order valence-electron chi connectivity index (χ3n) is 3.04. The van der Waals surface area contributed by atoms with Crippen LogP contribution in [0.25, 0.3) is 0 Å². The van der Waals surface area contributed by atoms with Gasteiger partial charge in [-0.05, 0) is 12.1 Å². The second-order valence-electron chi connectivity index (χ2n) is 4.48. The SMILES string of the molecule is OC1CSCC1c1nc(CSc2ccccc2Cl)no1. The molecule has 1 aromatic carbocycles. The second kappa shape index (κ2) is 6.39. The number of aliphatic hydroxyl groups is 1. The number of nitrogens with zero attached hydrogens (tertiary/aromatic N) is 2. The lowest BCUT2D eigenvalue weighted by molar-refractivity contribution is 0.164. The molecule has 0 spiro atoms. The first-order valence-corrected chi connectivity index (χ1v) is 8.71. The van der Waals surface area contributed by atoms with Gasteiger partial charge in [0.25, 0.3) is 0 Å². The molecule has 1 N–H and O–H groups in total. The molecule has 3 rings (SSSR count). The van der Waals surface area contributed by atoms with Gasteiger partial charge in [-0.15, -0.1) is 11.8 Å². The second-order valence-corrected chi connectivity index (χ2v) is 6.98. The fourth-order valence-electron chi connectivity index (χ4n) is 1.96. The van der Waals surface area contributed by atoms with Crippen LogP contribution in [-0.2, 0) is 5.75 Å². The number of benzene rings is 1. The number of rotatable bonds is 4. The van der Waals surface area contributed by atoms with Crippen molar-refractivity contribution in [2.75, 3.05) is 11.5 Å². The molecule has 0 saturated carbocycles. The topological polar surface area (TPSA) is 59.2 Å². The Balaban J connectivity index is 1.64. The maximum Gasteiger partial charge on any atom is 0.233 e. The summed E-state index contributed by atoms with van der Waals surface area (Å²) in [6, 6.07) is 7.67. The average Bonchev–Trinajstić information content (AvgIpc) is 3.06. The molecule has 0 bridgehead atoms. The molecule has 20 heavy (non-hydrogen) atoms. The lowest BCUT2D eigenvalue weighted by Crippen LogP contribution is -2.15. The van der Waals surface area contributed by atoms with E-state index in [-0.39, 0.29) is 12.0 Å². The molecule has 2 atom stereocenters. The van der Waals surface area contributed by atoms with E-state index in [0.717, 1.165) is 21.4 Å². The van der Waals surface area contributed by atoms with E-state index in [2.05, 4.69) is 10.1 Å². The third-order valence-corrected chi connectivity index (χ3v) is 5.73. The van der Waals surface area contributed by atoms with Crippen molar-refractivity contribution >= 4 is 35.1 Å². The first-order chi connectivity index (χ1) is 9.74. The molecule has 0 radical (unpaired) electrons. The van der Waals surface area contributed by atoms with E-state index in [1.165, 1.54) is 0 Å². The minimum absolute atomic E-state index is 0.0356. The number of aliphatic hydroxyl groups excluding tert-OH is 1. The Morgan fingerprint density at radius 1 is 1.40 bits per heavy atom. The molecule has 0 aliphatic carbocycles. The van der Waals surface area contributed by atoms with Crippen LogP contribution in [0.3, 0.4) is 0 Å². The number of hydrogen-bond acceptors (Lipinski definition) is 6. The summed E-state index contributed by atoms with van der Waals surface area (Å²) in [5.74, 6) is 3.30. The van der Waals surface area contributed by atoms with Gasteiger partial charge in [-0.2, -0.15) is 16.7 Å². The normalized spacial score (nSPS) is 22.3. The summed E-state index contributed by atoms with van der Waals surface area (Å²) in [4.78, 5) is 5.37. The van der Waals surface area contributed by atoms with E-state index in [1.807, 2.05) is 24.3 Å². The van der Waals surface area contributed by atoms with Crippen LogP contribution in [0.2, 0.25) is 5.02 Å². The standard InChI is InChI=1S/C13H13ClN2O2S2/c14-9-3-1-2-4-11(9)20-7-12-15-13(18-16-12)8-5-19-6-10(8)17/h1-4,8,10,17H,5-7H2. The quantitative estimate of drug-likeness (QED) is 0.870. The smallest absolute Gasteiger partial charge is 0.233 e. The number of aromatic nitrogens is 2. The fourth-order valence-corrected chi connectivity index (χ4v) is 4.27. The summed E-state index contributed by atoms with van der Waals surface area (Å²) in [6.07, 6.45) is -0.385. The van der Waals surface area contributed by atoms with Crippen LogP contribution in [0.5, 0.6) is 0 Å². The summed E-state index contributed by atoms with van der Waals surface area (Å²) >= 11 is 9.38. The minimum Gasteiger partial charge on any atom is -0.391 e. The van der Waals surface area contributed by atoms with Gasteiger partial charge in [0.15, 0.2) is 5.82 Å². The monoisotopic (exact) mass is 328 g/mol. The predicted molar refractivity (Wildman–Crippen MR) is 81.4 cm³/mol. The predicted octanol–water partition coefficient (Wildman–Crippen LogP) is 3.21. The van der Waals surface area contributed by atoms with Gasteiger partial charge in [-0.1, -0.05) is 28.9 Å². The molecule has 4 nitrogen and oxygen atoms in total. The van der Waals surface area contributed by atoms with E-state index in [1.54, 1.807) is 23.5 Å². The zero-order valence-electron chi connectivity index (χ0n) is 10.5. The first kappa shape index (κ1) is 14.3. The molecule has 2 heterocycles. The molecule has 2 aromatic rings. The lowest BCUT2D eigenvalue weighted by atomic mass is 10.1. The number of thioether (sulfide) groups is 2. The van der Waals surface area contributed by atoms with Crippen LogP contribution >= 0.6 is 35.1 Å². The summed E-state index contributed by atoms with van der Waals surface area (Å²) in [7, 11) is 0. The van der Waals surface area contributed by atoms with Gasteiger partial charge in [-0.3, -0.25) is 0 Å². The molecule has 0 amide bonds. The van der Waals surface area contributed by atoms with Gasteiger partial charge in [-0.25, -0.2) is 0 Å². The Hall–Kier alpha value is -0.690. The molecular weight excluding hydrogens is 316 g/mol. The lowest BCUT2D eigenvalue weighted by Gasteiger charge is -2.06. The third kappa shape index (κ3) is 3.14. The molecule has 1 aliphatic heterocycles. The van der Waals surface area contributed by atoms with Gasteiger partial charge >= 0.3 is 0 Å². The van der Waals surface area contributed by atoms with Crippen molar-refractivity contribution in [3.63, 3.8) is 0 Å². The maximum absolute atomic E-state index is 9.82. The fraction of sp³-hybridized carbons (Fsp3) is 0.385. The Morgan fingerprint density at radius 2 is 2.25 bits per heavy atom. The molecule has 106 valence electrons. The Kier molecular flexibility index (Phi) is 4.55. The van der Waals surface area contributed by atoms with Crippen molar-refractivity contribution in [3.05, 3.63) is 41.0 Å². The van der Waals surface area contributed by atoms with Crippen LogP contribution < -0.4 is 0 Å². The average molecular weight is 329 g/mol. The van der Waals surface area contributed by atoms with E-state index >= 15 is 0 Å². The summed E-state index contributed by atoms with van der Waals surface area (Å²) in [5.41, 5.74) is 0. The summed E-state index contributed by atoms with van der Waals surface area (Å²) in [5, 5.41) is 14.5. The molecule has 1 saturated heterocycles. The van der Waals surface area contributed by atoms with Crippen molar-refractivity contribution in [2.24, 2.45) is 0 Å². The highest BCUT2D eigenvalue weighted by atomic mass is 35.5. The van der Waals surface area contributed by atoms with E-state index in [0.29, 0.717) is 17.5 Å². The molecular formula is C13H13ClN2O2S2. The Bertz CT molecular complexity index is 593. The van der Waals surface area contributed by atoms with Crippen molar-refractivity contribution < 1.29 is 9.63 Å². The van der Waals surface area contributed by atoms with Crippen molar-refractivity contribution in [1.29, 1.82) is 0 Å². The highest BCUT2D eigenvalue weighted by Gasteiger charge is 2.31. The van der Waals surface area contributed by atoms with Crippen molar-refractivity contribution in [1.82, 2.24) is 10.1 Å². The molecule has 7 heteroatoms. The van der Waals surface area contributed by atoms with E-state index in [4.69, 9.17) is 16.1 Å². The zero-order valence-corrected chi connectivity index (χ0v) is 12.9. The van der Waals surface area contributed by atoms with Gasteiger partial charge < -0.3 is 9.63 Å². The highest BCUT2D eigenvalue weighted by molar-refractivity contribution is 7.99. The zero-order chi connectivity index (χ0) is 13.9. The van der Waals surface area contributed by atoms with Crippen LogP contribution in [0.1, 0.15) is 17.6 Å². The summed E-state index contributed by atoms with van der Waals surface area (Å²) in [6.45, 7) is 0. The molecule has 1 aromatic heterocycles. The highest BCUT2D eigenvalue weighted by Crippen LogP contribution is 2.33. The van der Waals surface area contributed by atoms with Crippen LogP contribution in [0.4, 0.5) is 0 Å². The van der Waals surface area contributed by atoms with Crippen LogP contribution in [0, 0.1) is 0 Å².